The Bertz CT molecular complexity index is 380. The van der Waals surface area contributed by atoms with Crippen molar-refractivity contribution in [2.45, 2.75) is 30.9 Å². The summed E-state index contributed by atoms with van der Waals surface area (Å²) < 4.78 is 4.89. The number of aliphatic hydroxyl groups excluding tert-OH is 1. The number of rotatable bonds is 6. The van der Waals surface area contributed by atoms with Gasteiger partial charge in [0.1, 0.15) is 0 Å². The number of halogens is 1. The lowest BCUT2D eigenvalue weighted by molar-refractivity contribution is 0.0597. The summed E-state index contributed by atoms with van der Waals surface area (Å²) in [6.07, 6.45) is 1.81. The van der Waals surface area contributed by atoms with E-state index in [2.05, 4.69) is 11.4 Å². The fraction of sp³-hybridized carbons (Fsp3) is 0.571. The van der Waals surface area contributed by atoms with Crippen molar-refractivity contribution in [3.63, 3.8) is 0 Å². The molecule has 0 radical (unpaired) electrons. The average molecular weight is 270 g/mol. The van der Waals surface area contributed by atoms with E-state index >= 15 is 0 Å². The van der Waals surface area contributed by atoms with E-state index < -0.39 is 6.10 Å². The molecule has 3 nitrogen and oxygen atoms in total. The summed E-state index contributed by atoms with van der Waals surface area (Å²) in [6, 6.07) is 8.58. The zero-order valence-electron chi connectivity index (χ0n) is 10.6. The lowest BCUT2D eigenvalue weighted by Gasteiger charge is -2.37. The fourth-order valence-corrected chi connectivity index (χ4v) is 2.57. The summed E-state index contributed by atoms with van der Waals surface area (Å²) in [7, 11) is 1.60. The summed E-state index contributed by atoms with van der Waals surface area (Å²) in [6.45, 7) is 0.984. The van der Waals surface area contributed by atoms with Crippen molar-refractivity contribution in [1.82, 2.24) is 5.32 Å². The van der Waals surface area contributed by atoms with Crippen molar-refractivity contribution in [3.05, 3.63) is 34.9 Å². The zero-order valence-corrected chi connectivity index (χ0v) is 11.4. The maximum atomic E-state index is 9.53. The number of ether oxygens (including phenoxy) is 1. The van der Waals surface area contributed by atoms with Gasteiger partial charge in [0.2, 0.25) is 0 Å². The Morgan fingerprint density at radius 2 is 2.28 bits per heavy atom. The molecule has 0 saturated heterocycles. The molecule has 0 aromatic heterocycles. The standard InChI is InChI=1S/C14H20ClNO2/c1-18-9-14(17)8-16-13-6-11(7-13)10-3-2-4-12(15)5-10/h2-5,11,13-14,16-17H,6-9H2,1H3. The topological polar surface area (TPSA) is 41.5 Å². The van der Waals surface area contributed by atoms with Gasteiger partial charge in [-0.3, -0.25) is 0 Å². The van der Waals surface area contributed by atoms with E-state index in [1.807, 2.05) is 18.2 Å². The molecule has 1 aromatic rings. The molecule has 1 saturated carbocycles. The van der Waals surface area contributed by atoms with Crippen LogP contribution in [0.1, 0.15) is 24.3 Å². The summed E-state index contributed by atoms with van der Waals surface area (Å²) in [5.74, 6) is 0.598. The molecule has 2 N–H and O–H groups in total. The molecule has 0 heterocycles. The van der Waals surface area contributed by atoms with Crippen LogP contribution in [0.4, 0.5) is 0 Å². The third kappa shape index (κ3) is 3.69. The van der Waals surface area contributed by atoms with Gasteiger partial charge >= 0.3 is 0 Å². The van der Waals surface area contributed by atoms with Gasteiger partial charge in [-0.25, -0.2) is 0 Å². The number of aliphatic hydroxyl groups is 1. The second kappa shape index (κ2) is 6.53. The van der Waals surface area contributed by atoms with Crippen molar-refractivity contribution in [3.8, 4) is 0 Å². The molecule has 1 aliphatic rings. The van der Waals surface area contributed by atoms with E-state index in [-0.39, 0.29) is 0 Å². The summed E-state index contributed by atoms with van der Waals surface area (Å²) in [4.78, 5) is 0. The smallest absolute Gasteiger partial charge is 0.0897 e. The van der Waals surface area contributed by atoms with Crippen LogP contribution < -0.4 is 5.32 Å². The molecule has 1 atom stereocenters. The third-order valence-corrected chi connectivity index (χ3v) is 3.69. The highest BCUT2D eigenvalue weighted by Crippen LogP contribution is 2.37. The van der Waals surface area contributed by atoms with Gasteiger partial charge in [0, 0.05) is 24.7 Å². The minimum atomic E-state index is -0.416. The fourth-order valence-electron chi connectivity index (χ4n) is 2.37. The molecule has 2 rings (SSSR count). The summed E-state index contributed by atoms with van der Waals surface area (Å²) in [5, 5.41) is 13.7. The van der Waals surface area contributed by atoms with E-state index in [1.54, 1.807) is 7.11 Å². The monoisotopic (exact) mass is 269 g/mol. The second-order valence-corrected chi connectivity index (χ2v) is 5.37. The Hall–Kier alpha value is -0.610. The van der Waals surface area contributed by atoms with Crippen molar-refractivity contribution in [1.29, 1.82) is 0 Å². The Morgan fingerprint density at radius 1 is 1.50 bits per heavy atom. The first-order valence-electron chi connectivity index (χ1n) is 6.35. The van der Waals surface area contributed by atoms with Crippen LogP contribution in [0.25, 0.3) is 0 Å². The van der Waals surface area contributed by atoms with E-state index in [0.717, 1.165) is 17.9 Å². The van der Waals surface area contributed by atoms with Crippen LogP contribution in [0.5, 0.6) is 0 Å². The van der Waals surface area contributed by atoms with Gasteiger partial charge in [-0.1, -0.05) is 23.7 Å². The highest BCUT2D eigenvalue weighted by atomic mass is 35.5. The minimum Gasteiger partial charge on any atom is -0.389 e. The van der Waals surface area contributed by atoms with Gasteiger partial charge in [0.15, 0.2) is 0 Å². The Kier molecular flexibility index (Phi) is 5.01. The Morgan fingerprint density at radius 3 is 2.94 bits per heavy atom. The van der Waals surface area contributed by atoms with Gasteiger partial charge in [-0.2, -0.15) is 0 Å². The predicted molar refractivity (Wildman–Crippen MR) is 73.1 cm³/mol. The van der Waals surface area contributed by atoms with E-state index in [9.17, 15) is 5.11 Å². The molecule has 0 aliphatic heterocycles. The van der Waals surface area contributed by atoms with Crippen LogP contribution in [0.15, 0.2) is 24.3 Å². The molecule has 1 unspecified atom stereocenters. The highest BCUT2D eigenvalue weighted by Gasteiger charge is 2.30. The summed E-state index contributed by atoms with van der Waals surface area (Å²) in [5.41, 5.74) is 1.32. The van der Waals surface area contributed by atoms with Gasteiger partial charge in [-0.15, -0.1) is 0 Å². The quantitative estimate of drug-likeness (QED) is 0.832. The second-order valence-electron chi connectivity index (χ2n) is 4.94. The van der Waals surface area contributed by atoms with E-state index in [1.165, 1.54) is 5.56 Å². The van der Waals surface area contributed by atoms with Crippen LogP contribution in [-0.4, -0.2) is 37.5 Å². The van der Waals surface area contributed by atoms with E-state index in [4.69, 9.17) is 16.3 Å². The maximum Gasteiger partial charge on any atom is 0.0897 e. The van der Waals surface area contributed by atoms with Crippen LogP contribution >= 0.6 is 11.6 Å². The van der Waals surface area contributed by atoms with Crippen molar-refractivity contribution < 1.29 is 9.84 Å². The van der Waals surface area contributed by atoms with Gasteiger partial charge in [0.25, 0.3) is 0 Å². The first kappa shape index (κ1) is 13.8. The largest absolute Gasteiger partial charge is 0.389 e. The molecule has 1 aromatic carbocycles. The normalized spacial score (nSPS) is 24.6. The van der Waals surface area contributed by atoms with Crippen LogP contribution in [-0.2, 0) is 4.74 Å². The van der Waals surface area contributed by atoms with Crippen LogP contribution in [0, 0.1) is 0 Å². The number of hydrogen-bond acceptors (Lipinski definition) is 3. The molecule has 4 heteroatoms. The van der Waals surface area contributed by atoms with Crippen molar-refractivity contribution >= 4 is 11.6 Å². The van der Waals surface area contributed by atoms with Crippen LogP contribution in [0.3, 0.4) is 0 Å². The first-order chi connectivity index (χ1) is 8.69. The zero-order chi connectivity index (χ0) is 13.0. The number of nitrogens with one attached hydrogen (secondary N) is 1. The molecule has 0 bridgehead atoms. The van der Waals surface area contributed by atoms with Gasteiger partial charge < -0.3 is 15.2 Å². The minimum absolute atomic E-state index is 0.386. The average Bonchev–Trinajstić information content (AvgIpc) is 2.27. The van der Waals surface area contributed by atoms with Gasteiger partial charge in [0.05, 0.1) is 12.7 Å². The highest BCUT2D eigenvalue weighted by molar-refractivity contribution is 6.30. The lowest BCUT2D eigenvalue weighted by atomic mass is 9.76. The molecule has 0 amide bonds. The number of methoxy groups -OCH3 is 1. The molecular weight excluding hydrogens is 250 g/mol. The van der Waals surface area contributed by atoms with Crippen molar-refractivity contribution in [2.24, 2.45) is 0 Å². The van der Waals surface area contributed by atoms with Crippen molar-refractivity contribution in [2.75, 3.05) is 20.3 Å². The molecule has 1 aliphatic carbocycles. The van der Waals surface area contributed by atoms with Crippen LogP contribution in [0.2, 0.25) is 5.02 Å². The summed E-state index contributed by atoms with van der Waals surface area (Å²) >= 11 is 5.98. The molecular formula is C14H20ClNO2. The van der Waals surface area contributed by atoms with E-state index in [0.29, 0.717) is 25.1 Å². The van der Waals surface area contributed by atoms with Gasteiger partial charge in [-0.05, 0) is 36.5 Å². The molecule has 0 spiro atoms. The first-order valence-corrected chi connectivity index (χ1v) is 6.72. The maximum absolute atomic E-state index is 9.53. The Labute approximate surface area is 113 Å². The molecule has 18 heavy (non-hydrogen) atoms. The number of hydrogen-bond donors (Lipinski definition) is 2. The lowest BCUT2D eigenvalue weighted by Crippen LogP contribution is -2.44. The predicted octanol–water partition coefficient (Wildman–Crippen LogP) is 2.18. The molecule has 100 valence electrons. The third-order valence-electron chi connectivity index (χ3n) is 3.46. The SMILES string of the molecule is COCC(O)CNC1CC(c2cccc(Cl)c2)C1. The number of benzene rings is 1. The Balaban J connectivity index is 1.71. The molecule has 1 fully saturated rings.